The molecule has 0 fully saturated rings. The molecule has 2 nitrogen and oxygen atoms in total. The van der Waals surface area contributed by atoms with E-state index >= 15 is 0 Å². The molecule has 0 spiro atoms. The van der Waals surface area contributed by atoms with Crippen LogP contribution in [0.2, 0.25) is 0 Å². The van der Waals surface area contributed by atoms with Crippen LogP contribution in [0, 0.1) is 17.6 Å². The van der Waals surface area contributed by atoms with E-state index in [1.165, 1.54) is 12.3 Å². The van der Waals surface area contributed by atoms with Crippen molar-refractivity contribution in [3.8, 4) is 0 Å². The van der Waals surface area contributed by atoms with E-state index in [2.05, 4.69) is 20.9 Å². The quantitative estimate of drug-likeness (QED) is 0.667. The zero-order valence-electron chi connectivity index (χ0n) is 7.72. The average Bonchev–Trinajstić information content (AvgIpc) is 2.21. The lowest BCUT2D eigenvalue weighted by atomic mass is 9.96. The second-order valence-corrected chi connectivity index (χ2v) is 4.17. The van der Waals surface area contributed by atoms with E-state index in [-0.39, 0.29) is 21.5 Å². The van der Waals surface area contributed by atoms with Crippen LogP contribution in [-0.2, 0) is 0 Å². The van der Waals surface area contributed by atoms with Gasteiger partial charge in [0.1, 0.15) is 5.69 Å². The van der Waals surface area contributed by atoms with Crippen LogP contribution in [0.3, 0.4) is 0 Å². The van der Waals surface area contributed by atoms with Crippen LogP contribution in [0.15, 0.2) is 15.5 Å². The third-order valence-electron chi connectivity index (χ3n) is 2.24. The molecule has 1 aromatic carbocycles. The fraction of sp³-hybridized carbons (Fsp3) is 0.200. The number of fused-ring (bicyclic) bond motifs is 1. The summed E-state index contributed by atoms with van der Waals surface area (Å²) in [4.78, 5) is 15.4. The number of hydrogen-bond acceptors (Lipinski definition) is 2. The number of rotatable bonds is 0. The van der Waals surface area contributed by atoms with Crippen LogP contribution in [0.1, 0.15) is 17.3 Å². The van der Waals surface area contributed by atoms with Gasteiger partial charge in [0.15, 0.2) is 17.4 Å². The van der Waals surface area contributed by atoms with E-state index in [0.29, 0.717) is 0 Å². The molecular weight excluding hydrogens is 268 g/mol. The predicted molar refractivity (Wildman–Crippen MR) is 55.7 cm³/mol. The Morgan fingerprint density at radius 2 is 2.07 bits per heavy atom. The average molecular weight is 274 g/mol. The molecule has 1 unspecified atom stereocenters. The molecule has 78 valence electrons. The van der Waals surface area contributed by atoms with Gasteiger partial charge in [-0.1, -0.05) is 6.92 Å². The number of aliphatic imine (C=N–C) groups is 1. The summed E-state index contributed by atoms with van der Waals surface area (Å²) in [5, 5.41) is 0. The molecule has 1 aromatic rings. The maximum atomic E-state index is 13.4. The molecular formula is C10H6BrF2NO. The van der Waals surface area contributed by atoms with Crippen molar-refractivity contribution in [3.63, 3.8) is 0 Å². The Labute approximate surface area is 93.1 Å². The molecule has 5 heteroatoms. The minimum atomic E-state index is -1.09. The van der Waals surface area contributed by atoms with Gasteiger partial charge in [0.05, 0.1) is 10.4 Å². The minimum Gasteiger partial charge on any atom is -0.293 e. The van der Waals surface area contributed by atoms with Crippen molar-refractivity contribution >= 4 is 33.6 Å². The monoisotopic (exact) mass is 273 g/mol. The van der Waals surface area contributed by atoms with Crippen molar-refractivity contribution in [2.45, 2.75) is 6.92 Å². The molecule has 0 saturated heterocycles. The van der Waals surface area contributed by atoms with Crippen molar-refractivity contribution in [2.75, 3.05) is 0 Å². The lowest BCUT2D eigenvalue weighted by Gasteiger charge is -2.15. The summed E-state index contributed by atoms with van der Waals surface area (Å²) in [5.41, 5.74) is -0.0884. The van der Waals surface area contributed by atoms with Crippen molar-refractivity contribution in [1.29, 1.82) is 0 Å². The summed E-state index contributed by atoms with van der Waals surface area (Å²) >= 11 is 2.85. The maximum Gasteiger partial charge on any atom is 0.186 e. The summed E-state index contributed by atoms with van der Waals surface area (Å²) in [7, 11) is 0. The Morgan fingerprint density at radius 1 is 1.40 bits per heavy atom. The van der Waals surface area contributed by atoms with Gasteiger partial charge in [-0.05, 0) is 22.0 Å². The normalized spacial score (nSPS) is 19.2. The zero-order valence-corrected chi connectivity index (χ0v) is 9.31. The van der Waals surface area contributed by atoms with Gasteiger partial charge in [-0.15, -0.1) is 0 Å². The fourth-order valence-electron chi connectivity index (χ4n) is 1.40. The van der Waals surface area contributed by atoms with Crippen LogP contribution in [0.4, 0.5) is 14.5 Å². The largest absolute Gasteiger partial charge is 0.293 e. The molecule has 1 heterocycles. The number of halogens is 3. The molecule has 0 radical (unpaired) electrons. The third kappa shape index (κ3) is 1.51. The van der Waals surface area contributed by atoms with Crippen molar-refractivity contribution < 1.29 is 13.6 Å². The van der Waals surface area contributed by atoms with E-state index in [9.17, 15) is 13.6 Å². The Bertz CT molecular complexity index is 485. The molecule has 1 atom stereocenters. The van der Waals surface area contributed by atoms with Gasteiger partial charge in [-0.2, -0.15) is 0 Å². The van der Waals surface area contributed by atoms with E-state index < -0.39 is 17.6 Å². The highest BCUT2D eigenvalue weighted by molar-refractivity contribution is 9.10. The number of benzene rings is 1. The highest BCUT2D eigenvalue weighted by atomic mass is 79.9. The van der Waals surface area contributed by atoms with E-state index in [1.807, 2.05) is 0 Å². The molecule has 0 aromatic heterocycles. The molecule has 2 rings (SSSR count). The van der Waals surface area contributed by atoms with Crippen molar-refractivity contribution in [3.05, 3.63) is 27.7 Å². The van der Waals surface area contributed by atoms with Gasteiger partial charge in [-0.3, -0.25) is 9.79 Å². The number of ketones is 1. The second-order valence-electron chi connectivity index (χ2n) is 3.31. The first-order valence-electron chi connectivity index (χ1n) is 4.28. The number of Topliss-reactive ketones (excluding diaryl/α,β-unsaturated/α-hetero) is 1. The predicted octanol–water partition coefficient (Wildman–Crippen LogP) is 3.26. The van der Waals surface area contributed by atoms with Gasteiger partial charge in [0.25, 0.3) is 0 Å². The van der Waals surface area contributed by atoms with Crippen molar-refractivity contribution in [1.82, 2.24) is 0 Å². The van der Waals surface area contributed by atoms with E-state index in [0.717, 1.165) is 0 Å². The van der Waals surface area contributed by atoms with Gasteiger partial charge < -0.3 is 0 Å². The van der Waals surface area contributed by atoms with Crippen LogP contribution in [-0.4, -0.2) is 12.0 Å². The molecule has 0 aliphatic carbocycles. The second kappa shape index (κ2) is 3.48. The molecule has 0 bridgehead atoms. The zero-order chi connectivity index (χ0) is 11.2. The molecule has 1 aliphatic heterocycles. The summed E-state index contributed by atoms with van der Waals surface area (Å²) in [6, 6.07) is 1.27. The standard InChI is InChI=1S/C10H6BrF2NO/c1-4-3-14-9-5(10(4)15)2-6(11)7(12)8(9)13/h2-4H,1H3. The van der Waals surface area contributed by atoms with E-state index in [4.69, 9.17) is 0 Å². The summed E-state index contributed by atoms with van der Waals surface area (Å²) < 4.78 is 26.5. The molecule has 0 saturated carbocycles. The van der Waals surface area contributed by atoms with Crippen LogP contribution in [0.5, 0.6) is 0 Å². The molecule has 15 heavy (non-hydrogen) atoms. The van der Waals surface area contributed by atoms with Crippen molar-refractivity contribution in [2.24, 2.45) is 10.9 Å². The molecule has 0 N–H and O–H groups in total. The lowest BCUT2D eigenvalue weighted by molar-refractivity contribution is 0.0961. The third-order valence-corrected chi connectivity index (χ3v) is 2.82. The molecule has 1 aliphatic rings. The number of carbonyl (C=O) groups is 1. The maximum absolute atomic E-state index is 13.4. The number of nitrogens with zero attached hydrogens (tertiary/aromatic N) is 1. The first-order chi connectivity index (χ1) is 7.02. The number of carbonyl (C=O) groups excluding carboxylic acids is 1. The highest BCUT2D eigenvalue weighted by Gasteiger charge is 2.26. The minimum absolute atomic E-state index is 0.0589. The molecule has 0 amide bonds. The van der Waals surface area contributed by atoms with Gasteiger partial charge in [0.2, 0.25) is 0 Å². The fourth-order valence-corrected chi connectivity index (χ4v) is 1.80. The van der Waals surface area contributed by atoms with Crippen LogP contribution in [0.25, 0.3) is 0 Å². The first kappa shape index (κ1) is 10.4. The van der Waals surface area contributed by atoms with Gasteiger partial charge in [-0.25, -0.2) is 8.78 Å². The smallest absolute Gasteiger partial charge is 0.186 e. The SMILES string of the molecule is CC1C=Nc2c(cc(Br)c(F)c2F)C1=O. The van der Waals surface area contributed by atoms with E-state index in [1.54, 1.807) is 6.92 Å². The van der Waals surface area contributed by atoms with Crippen LogP contribution >= 0.6 is 15.9 Å². The number of hydrogen-bond donors (Lipinski definition) is 0. The Balaban J connectivity index is 2.74. The summed E-state index contributed by atoms with van der Waals surface area (Å²) in [5.74, 6) is -2.75. The van der Waals surface area contributed by atoms with Crippen LogP contribution < -0.4 is 0 Å². The summed E-state index contributed by atoms with van der Waals surface area (Å²) in [6.45, 7) is 1.66. The Kier molecular flexibility index (Phi) is 2.42. The Morgan fingerprint density at radius 3 is 2.73 bits per heavy atom. The Hall–Kier alpha value is -1.10. The first-order valence-corrected chi connectivity index (χ1v) is 5.07. The summed E-state index contributed by atoms with van der Waals surface area (Å²) in [6.07, 6.45) is 1.32. The highest BCUT2D eigenvalue weighted by Crippen LogP contribution is 2.34. The topological polar surface area (TPSA) is 29.4 Å². The lowest BCUT2D eigenvalue weighted by Crippen LogP contribution is -2.17. The van der Waals surface area contributed by atoms with Gasteiger partial charge in [0, 0.05) is 11.8 Å². The van der Waals surface area contributed by atoms with Gasteiger partial charge >= 0.3 is 0 Å².